The fourth-order valence-corrected chi connectivity index (χ4v) is 2.05. The summed E-state index contributed by atoms with van der Waals surface area (Å²) in [6.45, 7) is 2.24. The second-order valence-electron chi connectivity index (χ2n) is 4.33. The van der Waals surface area contributed by atoms with Crippen LogP contribution in [0.5, 0.6) is 0 Å². The van der Waals surface area contributed by atoms with Crippen LogP contribution in [0.25, 0.3) is 0 Å². The van der Waals surface area contributed by atoms with Gasteiger partial charge < -0.3 is 0 Å². The van der Waals surface area contributed by atoms with Crippen LogP contribution in [0.4, 0.5) is 0 Å². The van der Waals surface area contributed by atoms with Crippen LogP contribution in [-0.4, -0.2) is 4.86 Å². The first-order chi connectivity index (χ1) is 7.83. The second-order valence-corrected chi connectivity index (χ2v) is 4.91. The summed E-state index contributed by atoms with van der Waals surface area (Å²) in [7, 11) is 0. The van der Waals surface area contributed by atoms with E-state index in [9.17, 15) is 0 Å². The van der Waals surface area contributed by atoms with Crippen LogP contribution in [0.1, 0.15) is 51.0 Å². The van der Waals surface area contributed by atoms with Gasteiger partial charge in [-0.3, -0.25) is 0 Å². The highest BCUT2D eigenvalue weighted by molar-refractivity contribution is 7.80. The molecule has 0 bridgehead atoms. The minimum absolute atomic E-state index is 1.07. The van der Waals surface area contributed by atoms with Gasteiger partial charge in [0.25, 0.3) is 0 Å². The molecule has 0 nitrogen and oxygen atoms in total. The highest BCUT2D eigenvalue weighted by Gasteiger charge is 1.98. The summed E-state index contributed by atoms with van der Waals surface area (Å²) in [5.74, 6) is 0. The lowest BCUT2D eigenvalue weighted by atomic mass is 10.0. The van der Waals surface area contributed by atoms with Crippen molar-refractivity contribution in [3.05, 3.63) is 35.9 Å². The van der Waals surface area contributed by atoms with Crippen molar-refractivity contribution in [2.75, 3.05) is 0 Å². The van der Waals surface area contributed by atoms with Gasteiger partial charge >= 0.3 is 0 Å². The van der Waals surface area contributed by atoms with Crippen molar-refractivity contribution in [2.24, 2.45) is 0 Å². The SMILES string of the molecule is CCCCCCC(=S)CCc1ccccc1. The summed E-state index contributed by atoms with van der Waals surface area (Å²) >= 11 is 5.40. The summed E-state index contributed by atoms with van der Waals surface area (Å²) in [4.78, 5) is 1.25. The maximum Gasteiger partial charge on any atom is -0.00682 e. The second kappa shape index (κ2) is 8.46. The molecule has 88 valence electrons. The van der Waals surface area contributed by atoms with Gasteiger partial charge in [0, 0.05) is 0 Å². The molecule has 0 spiro atoms. The Morgan fingerprint density at radius 1 is 1.00 bits per heavy atom. The van der Waals surface area contributed by atoms with Crippen molar-refractivity contribution >= 4 is 17.1 Å². The number of unbranched alkanes of at least 4 members (excludes halogenated alkanes) is 3. The summed E-state index contributed by atoms with van der Waals surface area (Å²) in [5.41, 5.74) is 1.40. The van der Waals surface area contributed by atoms with E-state index in [0.29, 0.717) is 0 Å². The molecule has 1 rings (SSSR count). The molecule has 0 heterocycles. The molecule has 0 radical (unpaired) electrons. The number of hydrogen-bond donors (Lipinski definition) is 0. The Hall–Kier alpha value is -0.690. The molecule has 1 aromatic rings. The largest absolute Gasteiger partial charge is 0.0897 e. The maximum atomic E-state index is 5.40. The summed E-state index contributed by atoms with van der Waals surface area (Å²) in [6, 6.07) is 10.6. The predicted molar refractivity (Wildman–Crippen MR) is 76.1 cm³/mol. The Kier molecular flexibility index (Phi) is 7.07. The lowest BCUT2D eigenvalue weighted by Gasteiger charge is -2.04. The Labute approximate surface area is 105 Å². The van der Waals surface area contributed by atoms with Gasteiger partial charge in [0.05, 0.1) is 0 Å². The van der Waals surface area contributed by atoms with Crippen molar-refractivity contribution in [1.82, 2.24) is 0 Å². The van der Waals surface area contributed by atoms with Gasteiger partial charge in [-0.05, 0) is 36.1 Å². The molecular weight excluding hydrogens is 212 g/mol. The van der Waals surface area contributed by atoms with Crippen molar-refractivity contribution in [3.63, 3.8) is 0 Å². The summed E-state index contributed by atoms with van der Waals surface area (Å²) in [6.07, 6.45) is 8.59. The predicted octanol–water partition coefficient (Wildman–Crippen LogP) is 4.96. The number of aryl methyl sites for hydroxylation is 1. The van der Waals surface area contributed by atoms with Crippen LogP contribution in [0.15, 0.2) is 30.3 Å². The first-order valence-corrected chi connectivity index (χ1v) is 6.79. The molecule has 0 unspecified atom stereocenters. The molecule has 0 N–H and O–H groups in total. The first-order valence-electron chi connectivity index (χ1n) is 6.38. The molecule has 0 aliphatic rings. The number of rotatable bonds is 8. The zero-order chi connectivity index (χ0) is 11.6. The minimum atomic E-state index is 1.07. The van der Waals surface area contributed by atoms with E-state index in [1.165, 1.54) is 36.1 Å². The van der Waals surface area contributed by atoms with Gasteiger partial charge in [0.2, 0.25) is 0 Å². The third-order valence-corrected chi connectivity index (χ3v) is 3.25. The van der Waals surface area contributed by atoms with Gasteiger partial charge in [-0.15, -0.1) is 0 Å². The van der Waals surface area contributed by atoms with Gasteiger partial charge in [-0.25, -0.2) is 0 Å². The topological polar surface area (TPSA) is 0 Å². The maximum absolute atomic E-state index is 5.40. The fourth-order valence-electron chi connectivity index (χ4n) is 1.80. The van der Waals surface area contributed by atoms with Gasteiger partial charge in [-0.2, -0.15) is 0 Å². The van der Waals surface area contributed by atoms with Gasteiger partial charge in [-0.1, -0.05) is 68.7 Å². The van der Waals surface area contributed by atoms with E-state index < -0.39 is 0 Å². The Bertz CT molecular complexity index is 290. The molecule has 0 saturated carbocycles. The molecule has 0 aromatic heterocycles. The lowest BCUT2D eigenvalue weighted by molar-refractivity contribution is 0.682. The average molecular weight is 234 g/mol. The number of hydrogen-bond acceptors (Lipinski definition) is 1. The zero-order valence-corrected chi connectivity index (χ0v) is 11.1. The van der Waals surface area contributed by atoms with Gasteiger partial charge in [0.1, 0.15) is 0 Å². The zero-order valence-electron chi connectivity index (χ0n) is 10.2. The molecule has 0 aliphatic heterocycles. The molecule has 0 amide bonds. The molecule has 1 aromatic carbocycles. The fraction of sp³-hybridized carbons (Fsp3) is 0.533. The molecule has 0 fully saturated rings. The first kappa shape index (κ1) is 13.4. The quantitative estimate of drug-likeness (QED) is 0.452. The van der Waals surface area contributed by atoms with Crippen molar-refractivity contribution in [2.45, 2.75) is 51.9 Å². The van der Waals surface area contributed by atoms with Crippen LogP contribution in [-0.2, 0) is 6.42 Å². The molecule has 16 heavy (non-hydrogen) atoms. The smallest absolute Gasteiger partial charge is 0.00682 e. The molecule has 0 saturated heterocycles. The number of thiocarbonyl (C=S) groups is 1. The van der Waals surface area contributed by atoms with Crippen LogP contribution < -0.4 is 0 Å². The third kappa shape index (κ3) is 6.02. The van der Waals surface area contributed by atoms with Crippen LogP contribution in [0.2, 0.25) is 0 Å². The molecule has 0 aliphatic carbocycles. The lowest BCUT2D eigenvalue weighted by Crippen LogP contribution is -1.97. The van der Waals surface area contributed by atoms with E-state index in [4.69, 9.17) is 12.2 Å². The molecule has 0 atom stereocenters. The van der Waals surface area contributed by atoms with Gasteiger partial charge in [0.15, 0.2) is 0 Å². The van der Waals surface area contributed by atoms with Crippen molar-refractivity contribution < 1.29 is 0 Å². The average Bonchev–Trinajstić information content (AvgIpc) is 2.33. The van der Waals surface area contributed by atoms with Crippen molar-refractivity contribution in [3.8, 4) is 0 Å². The van der Waals surface area contributed by atoms with Crippen molar-refractivity contribution in [1.29, 1.82) is 0 Å². The van der Waals surface area contributed by atoms with E-state index in [0.717, 1.165) is 19.3 Å². The highest BCUT2D eigenvalue weighted by atomic mass is 32.1. The minimum Gasteiger partial charge on any atom is -0.0897 e. The number of benzene rings is 1. The van der Waals surface area contributed by atoms with E-state index in [2.05, 4.69) is 37.3 Å². The summed E-state index contributed by atoms with van der Waals surface area (Å²) in [5, 5.41) is 0. The monoisotopic (exact) mass is 234 g/mol. The van der Waals surface area contributed by atoms with E-state index in [1.54, 1.807) is 0 Å². The summed E-state index contributed by atoms with van der Waals surface area (Å²) < 4.78 is 0. The highest BCUT2D eigenvalue weighted by Crippen LogP contribution is 2.09. The van der Waals surface area contributed by atoms with E-state index in [1.807, 2.05) is 0 Å². The molecular formula is C15H22S. The van der Waals surface area contributed by atoms with Crippen LogP contribution in [0.3, 0.4) is 0 Å². The van der Waals surface area contributed by atoms with E-state index >= 15 is 0 Å². The standard InChI is InChI=1S/C15H22S/c1-2-3-4-8-11-15(16)13-12-14-9-6-5-7-10-14/h5-7,9-10H,2-4,8,11-13H2,1H3. The van der Waals surface area contributed by atoms with E-state index in [-0.39, 0.29) is 0 Å². The normalized spacial score (nSPS) is 10.3. The van der Waals surface area contributed by atoms with Crippen LogP contribution in [0, 0.1) is 0 Å². The Morgan fingerprint density at radius 2 is 1.75 bits per heavy atom. The third-order valence-electron chi connectivity index (χ3n) is 2.84. The molecule has 1 heteroatoms. The Balaban J connectivity index is 2.11. The van der Waals surface area contributed by atoms with Crippen LogP contribution >= 0.6 is 12.2 Å². The Morgan fingerprint density at radius 3 is 2.44 bits per heavy atom.